The molecule has 144 valence electrons. The molecule has 1 aromatic heterocycles. The predicted molar refractivity (Wildman–Crippen MR) is 116 cm³/mol. The van der Waals surface area contributed by atoms with Gasteiger partial charge in [-0.25, -0.2) is 4.68 Å². The standard InChI is InChI=1S/C22H22ClN3OS/c1-2-21(27)25-10-11-28-22(25)12-16-14-24-26(15-16)20-8-6-17(7-9-20)18-4-3-5-19(23)13-18/h3-9,13-15,22H,2,10-12H2,1H3. The molecule has 1 amide bonds. The highest BCUT2D eigenvalue weighted by molar-refractivity contribution is 8.00. The summed E-state index contributed by atoms with van der Waals surface area (Å²) in [7, 11) is 0. The van der Waals surface area contributed by atoms with Crippen molar-refractivity contribution < 1.29 is 4.79 Å². The Bertz CT molecular complexity index is 970. The summed E-state index contributed by atoms with van der Waals surface area (Å²) < 4.78 is 1.89. The molecule has 6 heteroatoms. The highest BCUT2D eigenvalue weighted by Crippen LogP contribution is 2.28. The number of nitrogens with zero attached hydrogens (tertiary/aromatic N) is 3. The third-order valence-corrected chi connectivity index (χ3v) is 6.41. The van der Waals surface area contributed by atoms with E-state index in [2.05, 4.69) is 41.6 Å². The number of benzene rings is 2. The number of aromatic nitrogens is 2. The van der Waals surface area contributed by atoms with Gasteiger partial charge >= 0.3 is 0 Å². The van der Waals surface area contributed by atoms with Gasteiger partial charge in [0.15, 0.2) is 0 Å². The van der Waals surface area contributed by atoms with Crippen LogP contribution in [0.15, 0.2) is 60.9 Å². The van der Waals surface area contributed by atoms with Crippen LogP contribution in [0.3, 0.4) is 0 Å². The van der Waals surface area contributed by atoms with Crippen molar-refractivity contribution in [3.63, 3.8) is 0 Å². The molecule has 1 atom stereocenters. The van der Waals surface area contributed by atoms with E-state index in [4.69, 9.17) is 11.6 Å². The van der Waals surface area contributed by atoms with Gasteiger partial charge in [-0.05, 0) is 41.0 Å². The minimum absolute atomic E-state index is 0.218. The number of hydrogen-bond acceptors (Lipinski definition) is 3. The summed E-state index contributed by atoms with van der Waals surface area (Å²) in [6.45, 7) is 2.77. The van der Waals surface area contributed by atoms with E-state index in [1.165, 1.54) is 0 Å². The number of hydrogen-bond donors (Lipinski definition) is 0. The van der Waals surface area contributed by atoms with Crippen LogP contribution >= 0.6 is 23.4 Å². The number of amides is 1. The van der Waals surface area contributed by atoms with E-state index in [-0.39, 0.29) is 11.3 Å². The van der Waals surface area contributed by atoms with Crippen LogP contribution in [0.2, 0.25) is 5.02 Å². The average molecular weight is 412 g/mol. The van der Waals surface area contributed by atoms with Gasteiger partial charge in [-0.3, -0.25) is 4.79 Å². The van der Waals surface area contributed by atoms with Crippen LogP contribution in [-0.2, 0) is 11.2 Å². The average Bonchev–Trinajstić information content (AvgIpc) is 3.38. The van der Waals surface area contributed by atoms with E-state index in [0.29, 0.717) is 6.42 Å². The van der Waals surface area contributed by atoms with Crippen molar-refractivity contribution in [2.45, 2.75) is 25.1 Å². The lowest BCUT2D eigenvalue weighted by Gasteiger charge is -2.22. The largest absolute Gasteiger partial charge is 0.330 e. The maximum atomic E-state index is 12.1. The fraction of sp³-hybridized carbons (Fsp3) is 0.273. The Kier molecular flexibility index (Phi) is 5.74. The van der Waals surface area contributed by atoms with Crippen LogP contribution < -0.4 is 0 Å². The predicted octanol–water partition coefficient (Wildman–Crippen LogP) is 5.05. The molecule has 0 bridgehead atoms. The Hall–Kier alpha value is -2.24. The lowest BCUT2D eigenvalue weighted by molar-refractivity contribution is -0.130. The first kappa shape index (κ1) is 19.1. The Morgan fingerprint density at radius 3 is 2.79 bits per heavy atom. The lowest BCUT2D eigenvalue weighted by Crippen LogP contribution is -2.35. The minimum Gasteiger partial charge on any atom is -0.330 e. The van der Waals surface area contributed by atoms with E-state index in [1.54, 1.807) is 0 Å². The van der Waals surface area contributed by atoms with Crippen LogP contribution in [0.4, 0.5) is 0 Å². The first-order valence-corrected chi connectivity index (χ1v) is 10.9. The molecule has 2 heterocycles. The molecular weight excluding hydrogens is 390 g/mol. The van der Waals surface area contributed by atoms with Gasteiger partial charge < -0.3 is 4.90 Å². The molecular formula is C22H22ClN3OS. The van der Waals surface area contributed by atoms with Crippen molar-refractivity contribution in [3.8, 4) is 16.8 Å². The van der Waals surface area contributed by atoms with Crippen LogP contribution in [-0.4, -0.2) is 38.3 Å². The number of carbonyl (C=O) groups is 1. The quantitative estimate of drug-likeness (QED) is 0.589. The van der Waals surface area contributed by atoms with Crippen molar-refractivity contribution in [1.82, 2.24) is 14.7 Å². The summed E-state index contributed by atoms with van der Waals surface area (Å²) in [6.07, 6.45) is 5.35. The summed E-state index contributed by atoms with van der Waals surface area (Å²) in [5, 5.41) is 5.47. The molecule has 0 spiro atoms. The van der Waals surface area contributed by atoms with Gasteiger partial charge in [0.1, 0.15) is 0 Å². The van der Waals surface area contributed by atoms with Gasteiger partial charge in [-0.15, -0.1) is 11.8 Å². The normalized spacial score (nSPS) is 16.5. The van der Waals surface area contributed by atoms with Crippen molar-refractivity contribution in [2.24, 2.45) is 0 Å². The molecule has 0 aliphatic carbocycles. The van der Waals surface area contributed by atoms with Gasteiger partial charge in [0, 0.05) is 36.4 Å². The second-order valence-corrected chi connectivity index (χ2v) is 8.54. The smallest absolute Gasteiger partial charge is 0.223 e. The third-order valence-electron chi connectivity index (χ3n) is 4.95. The molecule has 1 aliphatic heterocycles. The molecule has 4 rings (SSSR count). The molecule has 1 unspecified atom stereocenters. The van der Waals surface area contributed by atoms with E-state index in [0.717, 1.165) is 46.1 Å². The zero-order valence-electron chi connectivity index (χ0n) is 15.7. The number of thioether (sulfide) groups is 1. The maximum absolute atomic E-state index is 12.1. The molecule has 2 aromatic carbocycles. The Morgan fingerprint density at radius 2 is 2.04 bits per heavy atom. The highest BCUT2D eigenvalue weighted by Gasteiger charge is 2.28. The molecule has 1 aliphatic rings. The second-order valence-electron chi connectivity index (χ2n) is 6.82. The number of rotatable bonds is 5. The summed E-state index contributed by atoms with van der Waals surface area (Å²) in [5.74, 6) is 1.24. The van der Waals surface area contributed by atoms with Crippen LogP contribution in [0.25, 0.3) is 16.8 Å². The zero-order valence-corrected chi connectivity index (χ0v) is 17.3. The fourth-order valence-corrected chi connectivity index (χ4v) is 4.94. The van der Waals surface area contributed by atoms with E-state index < -0.39 is 0 Å². The second kappa shape index (κ2) is 8.41. The monoisotopic (exact) mass is 411 g/mol. The molecule has 1 saturated heterocycles. The molecule has 28 heavy (non-hydrogen) atoms. The first-order chi connectivity index (χ1) is 13.6. The van der Waals surface area contributed by atoms with E-state index in [1.807, 2.05) is 52.7 Å². The van der Waals surface area contributed by atoms with Crippen LogP contribution in [0.5, 0.6) is 0 Å². The van der Waals surface area contributed by atoms with E-state index in [9.17, 15) is 4.79 Å². The summed E-state index contributed by atoms with van der Waals surface area (Å²) >= 11 is 7.95. The third kappa shape index (κ3) is 4.10. The van der Waals surface area contributed by atoms with Gasteiger partial charge in [0.25, 0.3) is 0 Å². The van der Waals surface area contributed by atoms with Crippen molar-refractivity contribution in [2.75, 3.05) is 12.3 Å². The van der Waals surface area contributed by atoms with E-state index >= 15 is 0 Å². The molecule has 1 fully saturated rings. The number of halogens is 1. The molecule has 4 nitrogen and oxygen atoms in total. The fourth-order valence-electron chi connectivity index (χ4n) is 3.46. The Balaban J connectivity index is 1.48. The van der Waals surface area contributed by atoms with Gasteiger partial charge in [0.2, 0.25) is 5.91 Å². The Morgan fingerprint density at radius 1 is 1.21 bits per heavy atom. The van der Waals surface area contributed by atoms with Crippen LogP contribution in [0, 0.1) is 0 Å². The molecule has 3 aromatic rings. The van der Waals surface area contributed by atoms with Gasteiger partial charge in [-0.1, -0.05) is 42.8 Å². The van der Waals surface area contributed by atoms with Crippen molar-refractivity contribution in [1.29, 1.82) is 0 Å². The number of carbonyl (C=O) groups excluding carboxylic acids is 1. The van der Waals surface area contributed by atoms with Crippen LogP contribution in [0.1, 0.15) is 18.9 Å². The lowest BCUT2D eigenvalue weighted by atomic mass is 10.1. The van der Waals surface area contributed by atoms with Crippen molar-refractivity contribution >= 4 is 29.3 Å². The summed E-state index contributed by atoms with van der Waals surface area (Å²) in [4.78, 5) is 14.1. The maximum Gasteiger partial charge on any atom is 0.223 e. The highest BCUT2D eigenvalue weighted by atomic mass is 35.5. The molecule has 0 radical (unpaired) electrons. The van der Waals surface area contributed by atoms with Gasteiger partial charge in [-0.2, -0.15) is 5.10 Å². The summed E-state index contributed by atoms with van der Waals surface area (Å²) in [6, 6.07) is 16.1. The Labute approximate surface area is 174 Å². The van der Waals surface area contributed by atoms with Gasteiger partial charge in [0.05, 0.1) is 17.3 Å². The first-order valence-electron chi connectivity index (χ1n) is 9.45. The molecule has 0 N–H and O–H groups in total. The SMILES string of the molecule is CCC(=O)N1CCSC1Cc1cnn(-c2ccc(-c3cccc(Cl)c3)cc2)c1. The summed E-state index contributed by atoms with van der Waals surface area (Å²) in [5.41, 5.74) is 4.37. The topological polar surface area (TPSA) is 38.1 Å². The van der Waals surface area contributed by atoms with Crippen molar-refractivity contribution in [3.05, 3.63) is 71.5 Å². The molecule has 0 saturated carbocycles. The zero-order chi connectivity index (χ0) is 19.5. The minimum atomic E-state index is 0.218.